The average Bonchev–Trinajstić information content (AvgIpc) is 2.63. The summed E-state index contributed by atoms with van der Waals surface area (Å²) >= 11 is 0. The van der Waals surface area contributed by atoms with Gasteiger partial charge in [-0.3, -0.25) is 0 Å². The lowest BCUT2D eigenvalue weighted by Crippen LogP contribution is -2.74. The van der Waals surface area contributed by atoms with Crippen molar-refractivity contribution in [1.82, 2.24) is 0 Å². The van der Waals surface area contributed by atoms with Gasteiger partial charge in [-0.15, -0.1) is 0 Å². The summed E-state index contributed by atoms with van der Waals surface area (Å²) in [4.78, 5) is 10.4. The van der Waals surface area contributed by atoms with E-state index in [-0.39, 0.29) is 0 Å². The highest BCUT2D eigenvalue weighted by atomic mass is 19.4. The van der Waals surface area contributed by atoms with Crippen LogP contribution in [0.3, 0.4) is 0 Å². The van der Waals surface area contributed by atoms with Crippen molar-refractivity contribution in [3.05, 3.63) is 12.2 Å². The molecule has 35 heavy (non-hydrogen) atoms. The molecule has 1 atom stereocenters. The number of carboxylic acid groups (broad SMARTS) is 1. The predicted molar refractivity (Wildman–Crippen MR) is 77.3 cm³/mol. The summed E-state index contributed by atoms with van der Waals surface area (Å²) in [5.74, 6) is -59.1. The molecule has 0 heterocycles. The number of aliphatic carboxylic acids is 1. The number of carbonyl (C=O) groups is 1. The summed E-state index contributed by atoms with van der Waals surface area (Å²) in [7, 11) is 0. The average molecular weight is 562 g/mol. The molecule has 0 spiro atoms. The first-order valence-electron chi connectivity index (χ1n) is 8.28. The number of carboxylic acids is 1. The highest BCUT2D eigenvalue weighted by Gasteiger charge is 2.95. The zero-order valence-electron chi connectivity index (χ0n) is 16.1. The van der Waals surface area contributed by atoms with Gasteiger partial charge in [-0.1, -0.05) is 6.58 Å². The lowest BCUT2D eigenvalue weighted by atomic mass is 9.87. The number of aliphatic hydroxyl groups is 1. The minimum Gasteiger partial charge on any atom is -0.478 e. The largest absolute Gasteiger partial charge is 0.478 e. The van der Waals surface area contributed by atoms with Gasteiger partial charge < -0.3 is 10.2 Å². The summed E-state index contributed by atoms with van der Waals surface area (Å²) in [6.45, 7) is 2.77. The second-order valence-corrected chi connectivity index (χ2v) is 6.95. The number of halogens is 17. The van der Waals surface area contributed by atoms with Gasteiger partial charge in [0.05, 0.1) is 6.10 Å². The van der Waals surface area contributed by atoms with E-state index in [0.29, 0.717) is 0 Å². The molecule has 0 aliphatic rings. The molecule has 1 unspecified atom stereocenters. The van der Waals surface area contributed by atoms with Crippen molar-refractivity contribution >= 4 is 5.97 Å². The molecule has 0 aromatic rings. The minimum atomic E-state index is -8.72. The van der Waals surface area contributed by atoms with Crippen molar-refractivity contribution < 1.29 is 89.6 Å². The molecular formula is C15H11F17O3. The maximum Gasteiger partial charge on any atom is 0.460 e. The predicted octanol–water partition coefficient (Wildman–Crippen LogP) is 6.17. The summed E-state index contributed by atoms with van der Waals surface area (Å²) in [5, 5.41) is 17.6. The standard InChI is InChI=1S/C15H11F17O3/c1-5(7(34)35)2-3-6(33)4-8(16,17)9(18,19)10(20,21)11(22,23)12(24,25)13(26,27)14(28,29)15(30,31)32/h6,33H,1-4H2,(H,34,35). The van der Waals surface area contributed by atoms with E-state index in [9.17, 15) is 79.4 Å². The van der Waals surface area contributed by atoms with Gasteiger partial charge in [0.25, 0.3) is 0 Å². The minimum absolute atomic E-state index is 0.886. The fourth-order valence-corrected chi connectivity index (χ4v) is 2.17. The highest BCUT2D eigenvalue weighted by molar-refractivity contribution is 5.85. The van der Waals surface area contributed by atoms with Crippen LogP contribution in [0.4, 0.5) is 74.6 Å². The van der Waals surface area contributed by atoms with Crippen LogP contribution < -0.4 is 0 Å². The van der Waals surface area contributed by atoms with Crippen LogP contribution in [0, 0.1) is 0 Å². The summed E-state index contributed by atoms with van der Waals surface area (Å²) in [5.41, 5.74) is -0.886. The Kier molecular flexibility index (Phi) is 8.60. The maximum atomic E-state index is 13.6. The normalized spacial score (nSPS) is 16.3. The van der Waals surface area contributed by atoms with E-state index in [1.54, 1.807) is 0 Å². The SMILES string of the molecule is C=C(CCC(O)CC(F)(F)C(F)(F)C(F)(F)C(F)(F)C(F)(F)C(F)(F)C(F)(F)C(F)(F)F)C(=O)O. The summed E-state index contributed by atoms with van der Waals surface area (Å²) in [6, 6.07) is 0. The van der Waals surface area contributed by atoms with E-state index < -0.39 is 84.5 Å². The molecule has 0 aromatic carbocycles. The molecule has 0 aromatic heterocycles. The van der Waals surface area contributed by atoms with Gasteiger partial charge in [-0.25, -0.2) is 4.79 Å². The topological polar surface area (TPSA) is 57.5 Å². The zero-order valence-corrected chi connectivity index (χ0v) is 16.1. The first kappa shape index (κ1) is 33.0. The van der Waals surface area contributed by atoms with Crippen LogP contribution in [0.2, 0.25) is 0 Å². The van der Waals surface area contributed by atoms with Crippen molar-refractivity contribution in [3.63, 3.8) is 0 Å². The quantitative estimate of drug-likeness (QED) is 0.221. The molecule has 0 rings (SSSR count). The highest BCUT2D eigenvalue weighted by Crippen LogP contribution is 2.64. The summed E-state index contributed by atoms with van der Waals surface area (Å²) < 4.78 is 223. The lowest BCUT2D eigenvalue weighted by Gasteiger charge is -2.43. The molecular weight excluding hydrogens is 551 g/mol. The molecule has 20 heteroatoms. The number of hydrogen-bond donors (Lipinski definition) is 2. The lowest BCUT2D eigenvalue weighted by molar-refractivity contribution is -0.462. The molecule has 0 radical (unpaired) electrons. The molecule has 0 aliphatic heterocycles. The van der Waals surface area contributed by atoms with Gasteiger partial charge in [0, 0.05) is 12.0 Å². The second kappa shape index (κ2) is 9.13. The van der Waals surface area contributed by atoms with Crippen LogP contribution in [-0.2, 0) is 4.79 Å². The Balaban J connectivity index is 6.35. The van der Waals surface area contributed by atoms with Gasteiger partial charge >= 0.3 is 53.6 Å². The van der Waals surface area contributed by atoms with Crippen LogP contribution in [0.25, 0.3) is 0 Å². The zero-order chi connectivity index (χ0) is 28.9. The van der Waals surface area contributed by atoms with Crippen LogP contribution in [0.1, 0.15) is 19.3 Å². The Morgan fingerprint density at radius 3 is 1.26 bits per heavy atom. The smallest absolute Gasteiger partial charge is 0.460 e. The van der Waals surface area contributed by atoms with Crippen LogP contribution in [-0.4, -0.2) is 69.9 Å². The fourth-order valence-electron chi connectivity index (χ4n) is 2.17. The first-order chi connectivity index (χ1) is 15.0. The third kappa shape index (κ3) is 5.11. The molecule has 0 fully saturated rings. The number of hydrogen-bond acceptors (Lipinski definition) is 2. The second-order valence-electron chi connectivity index (χ2n) is 6.95. The van der Waals surface area contributed by atoms with Gasteiger partial charge in [0.15, 0.2) is 0 Å². The van der Waals surface area contributed by atoms with E-state index in [2.05, 4.69) is 6.58 Å². The van der Waals surface area contributed by atoms with E-state index >= 15 is 0 Å². The monoisotopic (exact) mass is 562 g/mol. The Morgan fingerprint density at radius 1 is 0.629 bits per heavy atom. The Labute approximate surface area is 182 Å². The molecule has 0 amide bonds. The van der Waals surface area contributed by atoms with Crippen molar-refractivity contribution in [2.75, 3.05) is 0 Å². The Morgan fingerprint density at radius 2 is 0.943 bits per heavy atom. The molecule has 0 saturated heterocycles. The van der Waals surface area contributed by atoms with Gasteiger partial charge in [0.1, 0.15) is 0 Å². The van der Waals surface area contributed by atoms with Crippen molar-refractivity contribution in [3.8, 4) is 0 Å². The number of alkyl halides is 17. The van der Waals surface area contributed by atoms with Crippen molar-refractivity contribution in [2.24, 2.45) is 0 Å². The Hall–Kier alpha value is -2.02. The van der Waals surface area contributed by atoms with E-state index in [0.717, 1.165) is 0 Å². The van der Waals surface area contributed by atoms with E-state index in [4.69, 9.17) is 10.2 Å². The number of rotatable bonds is 12. The van der Waals surface area contributed by atoms with Crippen molar-refractivity contribution in [1.29, 1.82) is 0 Å². The molecule has 2 N–H and O–H groups in total. The molecule has 0 bridgehead atoms. The van der Waals surface area contributed by atoms with Gasteiger partial charge in [-0.05, 0) is 12.8 Å². The molecule has 0 saturated carbocycles. The van der Waals surface area contributed by atoms with Gasteiger partial charge in [0.2, 0.25) is 0 Å². The molecule has 208 valence electrons. The Bertz CT molecular complexity index is 799. The number of aliphatic hydroxyl groups excluding tert-OH is 1. The maximum absolute atomic E-state index is 13.6. The third-order valence-corrected chi connectivity index (χ3v) is 4.36. The van der Waals surface area contributed by atoms with Crippen LogP contribution in [0.15, 0.2) is 12.2 Å². The van der Waals surface area contributed by atoms with Crippen LogP contribution in [0.5, 0.6) is 0 Å². The first-order valence-corrected chi connectivity index (χ1v) is 8.28. The fraction of sp³-hybridized carbons (Fsp3) is 0.800. The van der Waals surface area contributed by atoms with Crippen LogP contribution >= 0.6 is 0 Å². The van der Waals surface area contributed by atoms with Gasteiger partial charge in [-0.2, -0.15) is 74.6 Å². The van der Waals surface area contributed by atoms with E-state index in [1.807, 2.05) is 0 Å². The third-order valence-electron chi connectivity index (χ3n) is 4.36. The van der Waals surface area contributed by atoms with E-state index in [1.165, 1.54) is 0 Å². The molecule has 0 aliphatic carbocycles. The molecule has 3 nitrogen and oxygen atoms in total. The summed E-state index contributed by atoms with van der Waals surface area (Å²) in [6.07, 6.45) is -16.2. The van der Waals surface area contributed by atoms with Crippen molar-refractivity contribution in [2.45, 2.75) is 73.0 Å².